The Morgan fingerprint density at radius 2 is 1.95 bits per heavy atom. The highest BCUT2D eigenvalue weighted by molar-refractivity contribution is 5.75. The van der Waals surface area contributed by atoms with Crippen molar-refractivity contribution in [3.63, 3.8) is 0 Å². The van der Waals surface area contributed by atoms with Crippen molar-refractivity contribution in [3.8, 4) is 5.75 Å². The number of amides is 1. The maximum atomic E-state index is 12.0. The van der Waals surface area contributed by atoms with Crippen LogP contribution < -0.4 is 10.5 Å². The van der Waals surface area contributed by atoms with Gasteiger partial charge in [-0.1, -0.05) is 24.6 Å². The van der Waals surface area contributed by atoms with E-state index in [0.29, 0.717) is 32.0 Å². The van der Waals surface area contributed by atoms with Gasteiger partial charge in [0.2, 0.25) is 5.91 Å². The summed E-state index contributed by atoms with van der Waals surface area (Å²) < 4.78 is 5.64. The van der Waals surface area contributed by atoms with Gasteiger partial charge in [-0.15, -0.1) is 0 Å². The Morgan fingerprint density at radius 3 is 2.57 bits per heavy atom. The number of nitrogens with two attached hydrogens (primary N) is 1. The minimum Gasteiger partial charge on any atom is -0.492 e. The van der Waals surface area contributed by atoms with E-state index >= 15 is 0 Å². The molecule has 0 aromatic heterocycles. The van der Waals surface area contributed by atoms with Crippen LogP contribution in [0.15, 0.2) is 24.3 Å². The molecule has 1 rings (SSSR count). The Hall–Kier alpha value is -1.55. The van der Waals surface area contributed by atoms with Crippen LogP contribution in [0, 0.1) is 12.8 Å². The zero-order valence-corrected chi connectivity index (χ0v) is 13.5. The molecule has 4 heteroatoms. The van der Waals surface area contributed by atoms with Crippen molar-refractivity contribution in [2.24, 2.45) is 11.7 Å². The third kappa shape index (κ3) is 7.14. The van der Waals surface area contributed by atoms with E-state index < -0.39 is 0 Å². The summed E-state index contributed by atoms with van der Waals surface area (Å²) in [5, 5.41) is 0. The van der Waals surface area contributed by atoms with Crippen molar-refractivity contribution in [1.29, 1.82) is 0 Å². The summed E-state index contributed by atoms with van der Waals surface area (Å²) in [6, 6.07) is 7.93. The molecule has 2 N–H and O–H groups in total. The number of nitrogens with zero attached hydrogens (tertiary/aromatic N) is 1. The minimum atomic E-state index is 0.173. The molecule has 0 saturated heterocycles. The van der Waals surface area contributed by atoms with Crippen LogP contribution in [-0.2, 0) is 4.79 Å². The van der Waals surface area contributed by atoms with E-state index in [1.54, 1.807) is 4.90 Å². The highest BCUT2D eigenvalue weighted by Gasteiger charge is 2.10. The highest BCUT2D eigenvalue weighted by atomic mass is 16.5. The fourth-order valence-electron chi connectivity index (χ4n) is 2.05. The van der Waals surface area contributed by atoms with Gasteiger partial charge in [-0.2, -0.15) is 0 Å². The van der Waals surface area contributed by atoms with Crippen molar-refractivity contribution in [1.82, 2.24) is 4.90 Å². The third-order valence-corrected chi connectivity index (χ3v) is 3.65. The van der Waals surface area contributed by atoms with Crippen LogP contribution in [-0.4, -0.2) is 37.6 Å². The quantitative estimate of drug-likeness (QED) is 0.761. The molecule has 0 aliphatic carbocycles. The average molecular weight is 292 g/mol. The van der Waals surface area contributed by atoms with Crippen LogP contribution in [0.1, 0.15) is 31.7 Å². The van der Waals surface area contributed by atoms with Gasteiger partial charge in [-0.3, -0.25) is 4.79 Å². The van der Waals surface area contributed by atoms with Gasteiger partial charge in [0, 0.05) is 13.5 Å². The van der Waals surface area contributed by atoms with Crippen LogP contribution in [0.3, 0.4) is 0 Å². The summed E-state index contributed by atoms with van der Waals surface area (Å²) in [7, 11) is 1.83. The summed E-state index contributed by atoms with van der Waals surface area (Å²) in [5.41, 5.74) is 6.72. The van der Waals surface area contributed by atoms with E-state index in [0.717, 1.165) is 18.6 Å². The second-order valence-electron chi connectivity index (χ2n) is 5.70. The molecule has 21 heavy (non-hydrogen) atoms. The van der Waals surface area contributed by atoms with Crippen LogP contribution in [0.25, 0.3) is 0 Å². The highest BCUT2D eigenvalue weighted by Crippen LogP contribution is 2.12. The normalized spacial score (nSPS) is 12.0. The molecule has 1 amide bonds. The second-order valence-corrected chi connectivity index (χ2v) is 5.70. The van der Waals surface area contributed by atoms with Crippen molar-refractivity contribution >= 4 is 5.91 Å². The summed E-state index contributed by atoms with van der Waals surface area (Å²) >= 11 is 0. The van der Waals surface area contributed by atoms with Crippen molar-refractivity contribution < 1.29 is 9.53 Å². The number of benzene rings is 1. The number of likely N-dealkylation sites (N-methyl/N-ethyl adjacent to an activating group) is 1. The SMILES string of the molecule is Cc1ccc(OCCN(C)C(=O)CCC(C)CCN)cc1. The molecule has 1 atom stereocenters. The third-order valence-electron chi connectivity index (χ3n) is 3.65. The predicted octanol–water partition coefficient (Wildman–Crippen LogP) is 2.60. The molecule has 0 aliphatic rings. The maximum Gasteiger partial charge on any atom is 0.222 e. The first-order valence-electron chi connectivity index (χ1n) is 7.66. The Morgan fingerprint density at radius 1 is 1.29 bits per heavy atom. The van der Waals surface area contributed by atoms with Gasteiger partial charge >= 0.3 is 0 Å². The number of hydrogen-bond donors (Lipinski definition) is 1. The Bertz CT molecular complexity index is 417. The van der Waals surface area contributed by atoms with Crippen LogP contribution in [0.5, 0.6) is 5.75 Å². The van der Waals surface area contributed by atoms with E-state index in [4.69, 9.17) is 10.5 Å². The molecule has 1 aromatic carbocycles. The molecule has 0 heterocycles. The first-order valence-corrected chi connectivity index (χ1v) is 7.66. The molecular formula is C17H28N2O2. The molecule has 0 aliphatic heterocycles. The number of ether oxygens (including phenoxy) is 1. The summed E-state index contributed by atoms with van der Waals surface area (Å²) in [5.74, 6) is 1.53. The number of aryl methyl sites for hydroxylation is 1. The summed E-state index contributed by atoms with van der Waals surface area (Å²) in [6.45, 7) is 6.00. The number of carbonyl (C=O) groups excluding carboxylic acids is 1. The minimum absolute atomic E-state index is 0.173. The molecule has 1 unspecified atom stereocenters. The lowest BCUT2D eigenvalue weighted by molar-refractivity contribution is -0.130. The lowest BCUT2D eigenvalue weighted by atomic mass is 10.0. The van der Waals surface area contributed by atoms with Gasteiger partial charge in [-0.05, 0) is 44.4 Å². The largest absolute Gasteiger partial charge is 0.492 e. The standard InChI is InChI=1S/C17H28N2O2/c1-14-4-7-16(8-5-14)21-13-12-19(3)17(20)9-6-15(2)10-11-18/h4-5,7-8,15H,6,9-13,18H2,1-3H3. The number of hydrogen-bond acceptors (Lipinski definition) is 3. The fourth-order valence-corrected chi connectivity index (χ4v) is 2.05. The molecule has 118 valence electrons. The van der Waals surface area contributed by atoms with E-state index in [1.165, 1.54) is 5.56 Å². The molecule has 0 spiro atoms. The van der Waals surface area contributed by atoms with Crippen LogP contribution >= 0.6 is 0 Å². The average Bonchev–Trinajstić information content (AvgIpc) is 2.47. The van der Waals surface area contributed by atoms with Crippen molar-refractivity contribution in [2.45, 2.75) is 33.1 Å². The monoisotopic (exact) mass is 292 g/mol. The smallest absolute Gasteiger partial charge is 0.222 e. The zero-order chi connectivity index (χ0) is 15.7. The van der Waals surface area contributed by atoms with E-state index in [9.17, 15) is 4.79 Å². The Labute approximate surface area is 128 Å². The van der Waals surface area contributed by atoms with E-state index in [1.807, 2.05) is 38.2 Å². The van der Waals surface area contributed by atoms with Gasteiger partial charge < -0.3 is 15.4 Å². The molecule has 0 saturated carbocycles. The summed E-state index contributed by atoms with van der Waals surface area (Å²) in [4.78, 5) is 13.7. The molecular weight excluding hydrogens is 264 g/mol. The zero-order valence-electron chi connectivity index (χ0n) is 13.5. The van der Waals surface area contributed by atoms with Crippen LogP contribution in [0.4, 0.5) is 0 Å². The lowest BCUT2D eigenvalue weighted by Gasteiger charge is -2.18. The van der Waals surface area contributed by atoms with E-state index in [2.05, 4.69) is 6.92 Å². The topological polar surface area (TPSA) is 55.6 Å². The maximum absolute atomic E-state index is 12.0. The van der Waals surface area contributed by atoms with Crippen molar-refractivity contribution in [3.05, 3.63) is 29.8 Å². The van der Waals surface area contributed by atoms with Crippen LogP contribution in [0.2, 0.25) is 0 Å². The van der Waals surface area contributed by atoms with E-state index in [-0.39, 0.29) is 5.91 Å². The van der Waals surface area contributed by atoms with Gasteiger partial charge in [0.05, 0.1) is 6.54 Å². The second kappa shape index (κ2) is 9.40. The van der Waals surface area contributed by atoms with Gasteiger partial charge in [-0.25, -0.2) is 0 Å². The van der Waals surface area contributed by atoms with Gasteiger partial charge in [0.15, 0.2) is 0 Å². The predicted molar refractivity (Wildman–Crippen MR) is 86.4 cm³/mol. The molecule has 0 fully saturated rings. The van der Waals surface area contributed by atoms with Crippen molar-refractivity contribution in [2.75, 3.05) is 26.7 Å². The number of rotatable bonds is 9. The lowest BCUT2D eigenvalue weighted by Crippen LogP contribution is -2.31. The fraction of sp³-hybridized carbons (Fsp3) is 0.588. The molecule has 4 nitrogen and oxygen atoms in total. The molecule has 1 aromatic rings. The first kappa shape index (κ1) is 17.5. The van der Waals surface area contributed by atoms with Gasteiger partial charge in [0.1, 0.15) is 12.4 Å². The summed E-state index contributed by atoms with van der Waals surface area (Å²) in [6.07, 6.45) is 2.47. The number of carbonyl (C=O) groups is 1. The Balaban J connectivity index is 2.21. The molecule has 0 radical (unpaired) electrons. The van der Waals surface area contributed by atoms with Gasteiger partial charge in [0.25, 0.3) is 0 Å². The first-order chi connectivity index (χ1) is 10.0. The Kier molecular flexibility index (Phi) is 7.83. The molecule has 0 bridgehead atoms.